The standard InChI is InChI=1S/C13H21N3O3S/c1-9(2)7-16(5-4-12(14)20)13(17)11-6-10(8-18-3)19-15-11/h6,9H,4-5,7-8H2,1-3H3,(H2,14,20). The largest absolute Gasteiger partial charge is 0.393 e. The van der Waals surface area contributed by atoms with E-state index in [4.69, 9.17) is 27.2 Å². The Bertz CT molecular complexity index is 459. The molecule has 7 heteroatoms. The molecule has 1 aromatic heterocycles. The Kier molecular flexibility index (Phi) is 6.60. The highest BCUT2D eigenvalue weighted by Crippen LogP contribution is 2.10. The topological polar surface area (TPSA) is 81.6 Å². The molecule has 0 fully saturated rings. The van der Waals surface area contributed by atoms with E-state index in [1.165, 1.54) is 0 Å². The second-order valence-corrected chi connectivity index (χ2v) is 5.50. The Hall–Kier alpha value is -1.47. The van der Waals surface area contributed by atoms with Gasteiger partial charge in [-0.2, -0.15) is 0 Å². The van der Waals surface area contributed by atoms with Gasteiger partial charge in [-0.25, -0.2) is 0 Å². The highest BCUT2D eigenvalue weighted by Gasteiger charge is 2.20. The number of thiocarbonyl (C=S) groups is 1. The molecule has 0 radical (unpaired) electrons. The van der Waals surface area contributed by atoms with Crippen molar-refractivity contribution in [3.8, 4) is 0 Å². The maximum Gasteiger partial charge on any atom is 0.276 e. The van der Waals surface area contributed by atoms with Gasteiger partial charge in [0.25, 0.3) is 5.91 Å². The summed E-state index contributed by atoms with van der Waals surface area (Å²) in [7, 11) is 1.55. The van der Waals surface area contributed by atoms with Gasteiger partial charge in [0, 0.05) is 32.7 Å². The average molecular weight is 299 g/mol. The highest BCUT2D eigenvalue weighted by atomic mass is 32.1. The van der Waals surface area contributed by atoms with E-state index in [1.807, 2.05) is 13.8 Å². The van der Waals surface area contributed by atoms with Crippen molar-refractivity contribution in [3.63, 3.8) is 0 Å². The van der Waals surface area contributed by atoms with Crippen molar-refractivity contribution in [2.45, 2.75) is 26.9 Å². The number of carbonyl (C=O) groups excluding carboxylic acids is 1. The van der Waals surface area contributed by atoms with Gasteiger partial charge < -0.3 is 19.9 Å². The van der Waals surface area contributed by atoms with Crippen molar-refractivity contribution < 1.29 is 14.1 Å². The summed E-state index contributed by atoms with van der Waals surface area (Å²) in [5.74, 6) is 0.686. The minimum absolute atomic E-state index is 0.180. The van der Waals surface area contributed by atoms with Gasteiger partial charge in [-0.05, 0) is 5.92 Å². The molecule has 1 rings (SSSR count). The molecule has 20 heavy (non-hydrogen) atoms. The van der Waals surface area contributed by atoms with Gasteiger partial charge in [0.2, 0.25) is 0 Å². The van der Waals surface area contributed by atoms with Crippen LogP contribution in [0.3, 0.4) is 0 Å². The van der Waals surface area contributed by atoms with Crippen molar-refractivity contribution in [1.29, 1.82) is 0 Å². The first-order chi connectivity index (χ1) is 9.43. The molecule has 0 aliphatic heterocycles. The van der Waals surface area contributed by atoms with Gasteiger partial charge in [-0.1, -0.05) is 31.2 Å². The van der Waals surface area contributed by atoms with Gasteiger partial charge in [0.15, 0.2) is 11.5 Å². The smallest absolute Gasteiger partial charge is 0.276 e. The van der Waals surface area contributed by atoms with E-state index in [9.17, 15) is 4.79 Å². The first-order valence-corrected chi connectivity index (χ1v) is 6.87. The van der Waals surface area contributed by atoms with Crippen molar-refractivity contribution in [2.75, 3.05) is 20.2 Å². The van der Waals surface area contributed by atoms with E-state index < -0.39 is 0 Å². The molecular weight excluding hydrogens is 278 g/mol. The van der Waals surface area contributed by atoms with Crippen molar-refractivity contribution in [2.24, 2.45) is 11.7 Å². The molecule has 0 aromatic carbocycles. The normalized spacial score (nSPS) is 10.8. The predicted octanol–water partition coefficient (Wildman–Crippen LogP) is 1.60. The number of hydrogen-bond donors (Lipinski definition) is 1. The van der Waals surface area contributed by atoms with Crippen LogP contribution in [-0.2, 0) is 11.3 Å². The fraction of sp³-hybridized carbons (Fsp3) is 0.615. The number of carbonyl (C=O) groups is 1. The first kappa shape index (κ1) is 16.6. The highest BCUT2D eigenvalue weighted by molar-refractivity contribution is 7.80. The Morgan fingerprint density at radius 2 is 2.30 bits per heavy atom. The number of rotatable bonds is 8. The lowest BCUT2D eigenvalue weighted by atomic mass is 10.2. The monoisotopic (exact) mass is 299 g/mol. The molecule has 6 nitrogen and oxygen atoms in total. The lowest BCUT2D eigenvalue weighted by Gasteiger charge is -2.23. The van der Waals surface area contributed by atoms with E-state index >= 15 is 0 Å². The third-order valence-corrected chi connectivity index (χ3v) is 2.77. The van der Waals surface area contributed by atoms with Crippen LogP contribution in [0.2, 0.25) is 0 Å². The zero-order valence-corrected chi connectivity index (χ0v) is 12.9. The van der Waals surface area contributed by atoms with Crippen LogP contribution in [0, 0.1) is 5.92 Å². The van der Waals surface area contributed by atoms with E-state index in [0.29, 0.717) is 36.2 Å². The second kappa shape index (κ2) is 7.96. The molecule has 1 amide bonds. The maximum atomic E-state index is 12.4. The summed E-state index contributed by atoms with van der Waals surface area (Å²) in [5.41, 5.74) is 5.78. The average Bonchev–Trinajstić information content (AvgIpc) is 2.82. The third-order valence-electron chi connectivity index (χ3n) is 2.57. The molecule has 2 N–H and O–H groups in total. The van der Waals surface area contributed by atoms with Crippen LogP contribution in [0.4, 0.5) is 0 Å². The van der Waals surface area contributed by atoms with Gasteiger partial charge in [0.1, 0.15) is 6.61 Å². The molecule has 0 saturated heterocycles. The van der Waals surface area contributed by atoms with Crippen LogP contribution in [0.5, 0.6) is 0 Å². The minimum Gasteiger partial charge on any atom is -0.393 e. The minimum atomic E-state index is -0.180. The number of nitrogens with zero attached hydrogens (tertiary/aromatic N) is 2. The van der Waals surface area contributed by atoms with Gasteiger partial charge in [0.05, 0.1) is 4.99 Å². The van der Waals surface area contributed by atoms with Crippen LogP contribution >= 0.6 is 12.2 Å². The number of aromatic nitrogens is 1. The number of methoxy groups -OCH3 is 1. The number of hydrogen-bond acceptors (Lipinski definition) is 5. The summed E-state index contributed by atoms with van der Waals surface area (Å²) in [6, 6.07) is 1.60. The Morgan fingerprint density at radius 3 is 2.85 bits per heavy atom. The lowest BCUT2D eigenvalue weighted by molar-refractivity contribution is 0.0730. The molecule has 1 aromatic rings. The molecule has 0 unspecified atom stereocenters. The zero-order valence-electron chi connectivity index (χ0n) is 12.1. The van der Waals surface area contributed by atoms with Gasteiger partial charge >= 0.3 is 0 Å². The third kappa shape index (κ3) is 5.26. The molecule has 0 bridgehead atoms. The van der Waals surface area contributed by atoms with Crippen LogP contribution in [-0.4, -0.2) is 41.2 Å². The summed E-state index contributed by atoms with van der Waals surface area (Å²) in [4.78, 5) is 14.5. The van der Waals surface area contributed by atoms with Crippen LogP contribution in [0.15, 0.2) is 10.6 Å². The second-order valence-electron chi connectivity index (χ2n) is 4.97. The predicted molar refractivity (Wildman–Crippen MR) is 79.4 cm³/mol. The number of ether oxygens (including phenoxy) is 1. The molecule has 0 aliphatic carbocycles. The van der Waals surface area contributed by atoms with Crippen molar-refractivity contribution >= 4 is 23.1 Å². The number of nitrogens with two attached hydrogens (primary N) is 1. The molecule has 0 saturated carbocycles. The molecule has 0 spiro atoms. The summed E-state index contributed by atoms with van der Waals surface area (Å²) in [6.07, 6.45) is 0.497. The van der Waals surface area contributed by atoms with E-state index in [2.05, 4.69) is 5.16 Å². The van der Waals surface area contributed by atoms with Crippen LogP contribution in [0.25, 0.3) is 0 Å². The molecule has 0 aliphatic rings. The Labute approximate surface area is 124 Å². The summed E-state index contributed by atoms with van der Waals surface area (Å²) < 4.78 is 9.97. The Morgan fingerprint density at radius 1 is 1.60 bits per heavy atom. The molecule has 112 valence electrons. The fourth-order valence-electron chi connectivity index (χ4n) is 1.75. The Balaban J connectivity index is 2.76. The first-order valence-electron chi connectivity index (χ1n) is 6.46. The van der Waals surface area contributed by atoms with E-state index in [1.54, 1.807) is 18.1 Å². The molecular formula is C13H21N3O3S. The zero-order chi connectivity index (χ0) is 15.1. The quantitative estimate of drug-likeness (QED) is 0.734. The van der Waals surface area contributed by atoms with E-state index in [-0.39, 0.29) is 18.2 Å². The van der Waals surface area contributed by atoms with Crippen molar-refractivity contribution in [1.82, 2.24) is 10.1 Å². The number of amides is 1. The molecule has 1 heterocycles. The summed E-state index contributed by atoms with van der Waals surface area (Å²) in [6.45, 7) is 5.48. The lowest BCUT2D eigenvalue weighted by Crippen LogP contribution is -2.36. The van der Waals surface area contributed by atoms with Crippen molar-refractivity contribution in [3.05, 3.63) is 17.5 Å². The summed E-state index contributed by atoms with van der Waals surface area (Å²) in [5, 5.41) is 3.78. The SMILES string of the molecule is COCc1cc(C(=O)N(CCC(N)=S)CC(C)C)no1. The van der Waals surface area contributed by atoms with E-state index in [0.717, 1.165) is 0 Å². The maximum absolute atomic E-state index is 12.4. The van der Waals surface area contributed by atoms with Gasteiger partial charge in [-0.15, -0.1) is 0 Å². The summed E-state index contributed by atoms with van der Waals surface area (Å²) >= 11 is 4.86. The van der Waals surface area contributed by atoms with Crippen LogP contribution in [0.1, 0.15) is 36.5 Å². The molecule has 0 atom stereocenters. The fourth-order valence-corrected chi connectivity index (χ4v) is 1.84. The van der Waals surface area contributed by atoms with Crippen LogP contribution < -0.4 is 5.73 Å². The van der Waals surface area contributed by atoms with Gasteiger partial charge in [-0.3, -0.25) is 4.79 Å².